The average molecular weight is 285 g/mol. The number of ether oxygens (including phenoxy) is 1. The molecule has 0 aliphatic rings. The summed E-state index contributed by atoms with van der Waals surface area (Å²) in [4.78, 5) is 0. The Hall–Kier alpha value is -1.54. The molecule has 2 nitrogen and oxygen atoms in total. The van der Waals surface area contributed by atoms with Crippen LogP contribution in [0.1, 0.15) is 39.5 Å². The summed E-state index contributed by atoms with van der Waals surface area (Å²) in [6.07, 6.45) is 4.96. The summed E-state index contributed by atoms with van der Waals surface area (Å²) in [5.74, 6) is 0.980. The van der Waals surface area contributed by atoms with Crippen molar-refractivity contribution < 1.29 is 4.74 Å². The number of benzene rings is 2. The number of nitrogens with one attached hydrogen (secondary N) is 1. The summed E-state index contributed by atoms with van der Waals surface area (Å²) in [6, 6.07) is 14.8. The van der Waals surface area contributed by atoms with Crippen molar-refractivity contribution in [2.24, 2.45) is 0 Å². The van der Waals surface area contributed by atoms with E-state index in [1.807, 2.05) is 0 Å². The van der Waals surface area contributed by atoms with E-state index in [0.717, 1.165) is 31.7 Å². The molecule has 0 saturated carbocycles. The van der Waals surface area contributed by atoms with E-state index >= 15 is 0 Å². The number of hydrogen-bond acceptors (Lipinski definition) is 2. The van der Waals surface area contributed by atoms with Crippen LogP contribution in [0, 0.1) is 0 Å². The fourth-order valence-corrected chi connectivity index (χ4v) is 2.51. The van der Waals surface area contributed by atoms with Crippen molar-refractivity contribution in [3.05, 3.63) is 42.5 Å². The summed E-state index contributed by atoms with van der Waals surface area (Å²) in [6.45, 7) is 6.41. The zero-order valence-corrected chi connectivity index (χ0v) is 13.3. The molecule has 0 radical (unpaired) electrons. The van der Waals surface area contributed by atoms with Crippen LogP contribution in [0.25, 0.3) is 10.8 Å². The molecule has 0 spiro atoms. The Morgan fingerprint density at radius 1 is 1.00 bits per heavy atom. The van der Waals surface area contributed by atoms with E-state index in [4.69, 9.17) is 4.74 Å². The largest absolute Gasteiger partial charge is 0.489 e. The first-order chi connectivity index (χ1) is 10.3. The van der Waals surface area contributed by atoms with Crippen LogP contribution in [0.15, 0.2) is 42.5 Å². The number of rotatable bonds is 9. The van der Waals surface area contributed by atoms with E-state index in [2.05, 4.69) is 61.6 Å². The molecule has 0 amide bonds. The first kappa shape index (κ1) is 15.8. The third-order valence-corrected chi connectivity index (χ3v) is 3.70. The van der Waals surface area contributed by atoms with Crippen LogP contribution in [0.5, 0.6) is 5.75 Å². The van der Waals surface area contributed by atoms with Gasteiger partial charge in [0.1, 0.15) is 11.9 Å². The van der Waals surface area contributed by atoms with Gasteiger partial charge in [-0.25, -0.2) is 0 Å². The lowest BCUT2D eigenvalue weighted by atomic mass is 10.1. The van der Waals surface area contributed by atoms with Gasteiger partial charge in [0.15, 0.2) is 0 Å². The molecule has 2 heteroatoms. The van der Waals surface area contributed by atoms with Crippen molar-refractivity contribution in [1.82, 2.24) is 5.32 Å². The topological polar surface area (TPSA) is 21.3 Å². The minimum atomic E-state index is 0.262. The molecule has 2 aromatic rings. The number of fused-ring (bicyclic) bond motifs is 1. The van der Waals surface area contributed by atoms with E-state index in [9.17, 15) is 0 Å². The Labute approximate surface area is 128 Å². The summed E-state index contributed by atoms with van der Waals surface area (Å²) in [5, 5.41) is 5.98. The number of unbranched alkanes of at least 4 members (excludes halogenated alkanes) is 1. The van der Waals surface area contributed by atoms with Gasteiger partial charge in [-0.1, -0.05) is 50.6 Å². The molecule has 1 N–H and O–H groups in total. The Balaban J connectivity index is 2.01. The zero-order valence-electron chi connectivity index (χ0n) is 13.3. The molecule has 1 atom stereocenters. The third kappa shape index (κ3) is 5.05. The van der Waals surface area contributed by atoms with E-state index in [1.54, 1.807) is 0 Å². The van der Waals surface area contributed by atoms with Crippen LogP contribution < -0.4 is 10.1 Å². The fraction of sp³-hybridized carbons (Fsp3) is 0.474. The van der Waals surface area contributed by atoms with Gasteiger partial charge >= 0.3 is 0 Å². The minimum absolute atomic E-state index is 0.262. The highest BCUT2D eigenvalue weighted by atomic mass is 16.5. The lowest BCUT2D eigenvalue weighted by molar-refractivity contribution is 0.184. The van der Waals surface area contributed by atoms with Crippen LogP contribution in [-0.2, 0) is 0 Å². The average Bonchev–Trinajstić information content (AvgIpc) is 2.52. The van der Waals surface area contributed by atoms with Crippen LogP contribution in [0.4, 0.5) is 0 Å². The van der Waals surface area contributed by atoms with Crippen LogP contribution in [0.2, 0.25) is 0 Å². The minimum Gasteiger partial charge on any atom is -0.489 e. The second kappa shape index (κ2) is 8.68. The highest BCUT2D eigenvalue weighted by Crippen LogP contribution is 2.22. The fourth-order valence-electron chi connectivity index (χ4n) is 2.51. The molecule has 0 aromatic heterocycles. The molecule has 0 aliphatic heterocycles. The van der Waals surface area contributed by atoms with E-state index in [-0.39, 0.29) is 6.10 Å². The molecular formula is C19H27NO. The monoisotopic (exact) mass is 285 g/mol. The summed E-state index contributed by atoms with van der Waals surface area (Å²) < 4.78 is 6.21. The number of hydrogen-bond donors (Lipinski definition) is 1. The normalized spacial score (nSPS) is 12.5. The molecule has 0 saturated heterocycles. The molecule has 21 heavy (non-hydrogen) atoms. The Bertz CT molecular complexity index is 538. The maximum atomic E-state index is 6.21. The predicted molar refractivity (Wildman–Crippen MR) is 91.0 cm³/mol. The van der Waals surface area contributed by atoms with Crippen molar-refractivity contribution in [2.75, 3.05) is 13.1 Å². The molecule has 2 rings (SSSR count). The maximum absolute atomic E-state index is 6.21. The molecule has 0 fully saturated rings. The summed E-state index contributed by atoms with van der Waals surface area (Å²) in [7, 11) is 0. The molecule has 114 valence electrons. The standard InChI is InChI=1S/C19H27NO/c1-3-5-10-19(15-20-13-4-2)21-18-12-11-16-8-6-7-9-17(16)14-18/h6-9,11-12,14,19-20H,3-5,10,13,15H2,1-2H3. The van der Waals surface area contributed by atoms with Crippen molar-refractivity contribution in [1.29, 1.82) is 0 Å². The second-order valence-electron chi connectivity index (χ2n) is 5.60. The Morgan fingerprint density at radius 2 is 1.81 bits per heavy atom. The van der Waals surface area contributed by atoms with E-state index < -0.39 is 0 Å². The second-order valence-corrected chi connectivity index (χ2v) is 5.60. The van der Waals surface area contributed by atoms with Crippen molar-refractivity contribution in [3.63, 3.8) is 0 Å². The van der Waals surface area contributed by atoms with Crippen LogP contribution in [-0.4, -0.2) is 19.2 Å². The molecule has 0 bridgehead atoms. The van der Waals surface area contributed by atoms with Gasteiger partial charge in [-0.2, -0.15) is 0 Å². The van der Waals surface area contributed by atoms with Gasteiger partial charge in [0.05, 0.1) is 0 Å². The molecule has 1 unspecified atom stereocenters. The van der Waals surface area contributed by atoms with Gasteiger partial charge in [0, 0.05) is 6.54 Å². The van der Waals surface area contributed by atoms with Gasteiger partial charge < -0.3 is 10.1 Å². The van der Waals surface area contributed by atoms with E-state index in [1.165, 1.54) is 23.6 Å². The van der Waals surface area contributed by atoms with Crippen molar-refractivity contribution in [3.8, 4) is 5.75 Å². The zero-order chi connectivity index (χ0) is 14.9. The molecule has 0 aliphatic carbocycles. The Morgan fingerprint density at radius 3 is 2.57 bits per heavy atom. The Kier molecular flexibility index (Phi) is 6.55. The third-order valence-electron chi connectivity index (χ3n) is 3.70. The predicted octanol–water partition coefficient (Wildman–Crippen LogP) is 4.78. The molecule has 2 aromatic carbocycles. The highest BCUT2D eigenvalue weighted by molar-refractivity contribution is 5.83. The molecular weight excluding hydrogens is 258 g/mol. The SMILES string of the molecule is CCCCC(CNCCC)Oc1ccc2ccccc2c1. The molecule has 0 heterocycles. The maximum Gasteiger partial charge on any atom is 0.120 e. The van der Waals surface area contributed by atoms with Crippen LogP contribution in [0.3, 0.4) is 0 Å². The van der Waals surface area contributed by atoms with Gasteiger partial charge in [0.25, 0.3) is 0 Å². The van der Waals surface area contributed by atoms with Gasteiger partial charge in [-0.3, -0.25) is 0 Å². The van der Waals surface area contributed by atoms with E-state index in [0.29, 0.717) is 0 Å². The van der Waals surface area contributed by atoms with Crippen molar-refractivity contribution >= 4 is 10.8 Å². The van der Waals surface area contributed by atoms with Gasteiger partial charge in [-0.15, -0.1) is 0 Å². The van der Waals surface area contributed by atoms with Gasteiger partial charge in [-0.05, 0) is 48.7 Å². The van der Waals surface area contributed by atoms with Crippen molar-refractivity contribution in [2.45, 2.75) is 45.6 Å². The first-order valence-electron chi connectivity index (χ1n) is 8.19. The summed E-state index contributed by atoms with van der Waals surface area (Å²) in [5.41, 5.74) is 0. The quantitative estimate of drug-likeness (QED) is 0.670. The van der Waals surface area contributed by atoms with Crippen LogP contribution >= 0.6 is 0 Å². The first-order valence-corrected chi connectivity index (χ1v) is 8.19. The highest BCUT2D eigenvalue weighted by Gasteiger charge is 2.10. The lowest BCUT2D eigenvalue weighted by Gasteiger charge is -2.20. The smallest absolute Gasteiger partial charge is 0.120 e. The summed E-state index contributed by atoms with van der Waals surface area (Å²) >= 11 is 0. The van der Waals surface area contributed by atoms with Gasteiger partial charge in [0.2, 0.25) is 0 Å². The lowest BCUT2D eigenvalue weighted by Crippen LogP contribution is -2.31.